The highest BCUT2D eigenvalue weighted by atomic mass is 32.2. The van der Waals surface area contributed by atoms with Crippen LogP contribution in [0.4, 0.5) is 0 Å². The number of methoxy groups -OCH3 is 2. The summed E-state index contributed by atoms with van der Waals surface area (Å²) in [7, 11) is 3.29. The van der Waals surface area contributed by atoms with E-state index >= 15 is 0 Å². The number of benzene rings is 2. The summed E-state index contributed by atoms with van der Waals surface area (Å²) in [5.41, 5.74) is 1.81. The van der Waals surface area contributed by atoms with Gasteiger partial charge in [0.15, 0.2) is 0 Å². The molecule has 6 heteroatoms. The molecule has 1 N–H and O–H groups in total. The summed E-state index contributed by atoms with van der Waals surface area (Å²) in [5, 5.41) is 3.17. The SMILES string of the molecule is COc1ccc(CSCC(=O)N[C@H]2CC(C)(C)Oc3cc(OC)ccc32)cc1. The zero-order valence-corrected chi connectivity index (χ0v) is 17.6. The normalized spacial score (nSPS) is 17.2. The summed E-state index contributed by atoms with van der Waals surface area (Å²) >= 11 is 1.60. The fourth-order valence-corrected chi connectivity index (χ4v) is 4.11. The number of fused-ring (bicyclic) bond motifs is 1. The lowest BCUT2D eigenvalue weighted by Gasteiger charge is -2.38. The van der Waals surface area contributed by atoms with Gasteiger partial charge in [0.1, 0.15) is 22.8 Å². The van der Waals surface area contributed by atoms with E-state index in [1.54, 1.807) is 26.0 Å². The smallest absolute Gasteiger partial charge is 0.230 e. The second-order valence-corrected chi connectivity index (χ2v) is 8.42. The number of hydrogen-bond acceptors (Lipinski definition) is 5. The molecule has 0 aromatic heterocycles. The molecular weight excluding hydrogens is 374 g/mol. The molecule has 1 aliphatic heterocycles. The molecule has 2 aromatic rings. The third-order valence-corrected chi connectivity index (χ3v) is 5.68. The Kier molecular flexibility index (Phi) is 6.39. The van der Waals surface area contributed by atoms with Gasteiger partial charge in [0.25, 0.3) is 0 Å². The Bertz CT molecular complexity index is 820. The number of amides is 1. The van der Waals surface area contributed by atoms with Gasteiger partial charge in [0.2, 0.25) is 5.91 Å². The number of hydrogen-bond donors (Lipinski definition) is 1. The van der Waals surface area contributed by atoms with Gasteiger partial charge in [0.05, 0.1) is 26.0 Å². The van der Waals surface area contributed by atoms with Crippen molar-refractivity contribution in [2.24, 2.45) is 0 Å². The molecule has 0 saturated heterocycles. The van der Waals surface area contributed by atoms with Crippen LogP contribution in [-0.4, -0.2) is 31.5 Å². The molecule has 1 aliphatic rings. The zero-order chi connectivity index (χ0) is 20.1. The van der Waals surface area contributed by atoms with Crippen molar-refractivity contribution in [2.45, 2.75) is 37.7 Å². The molecule has 2 aromatic carbocycles. The van der Waals surface area contributed by atoms with Crippen molar-refractivity contribution < 1.29 is 19.0 Å². The number of nitrogens with one attached hydrogen (secondary N) is 1. The Morgan fingerprint density at radius 2 is 1.82 bits per heavy atom. The average molecular weight is 402 g/mol. The summed E-state index contributed by atoms with van der Waals surface area (Å²) < 4.78 is 16.5. The Labute approximate surface area is 170 Å². The first-order valence-corrected chi connectivity index (χ1v) is 10.4. The van der Waals surface area contributed by atoms with Gasteiger partial charge in [-0.1, -0.05) is 12.1 Å². The molecular formula is C22H27NO4S. The molecule has 1 atom stereocenters. The summed E-state index contributed by atoms with van der Waals surface area (Å²) in [6, 6.07) is 13.6. The van der Waals surface area contributed by atoms with E-state index in [1.807, 2.05) is 56.3 Å². The van der Waals surface area contributed by atoms with E-state index in [0.717, 1.165) is 35.0 Å². The Hall–Kier alpha value is -2.34. The zero-order valence-electron chi connectivity index (χ0n) is 16.8. The maximum Gasteiger partial charge on any atom is 0.230 e. The standard InChI is InChI=1S/C22H27NO4S/c1-22(2)12-19(18-10-9-17(26-4)11-20(18)27-22)23-21(24)14-28-13-15-5-7-16(25-3)8-6-15/h5-11,19H,12-14H2,1-4H3,(H,23,24)/t19-/m0/s1. The lowest BCUT2D eigenvalue weighted by atomic mass is 9.89. The van der Waals surface area contributed by atoms with Crippen LogP contribution in [0.3, 0.4) is 0 Å². The van der Waals surface area contributed by atoms with Crippen molar-refractivity contribution in [3.8, 4) is 17.2 Å². The first-order valence-electron chi connectivity index (χ1n) is 9.27. The molecule has 0 spiro atoms. The molecule has 1 amide bonds. The van der Waals surface area contributed by atoms with Gasteiger partial charge in [0, 0.05) is 23.8 Å². The fourth-order valence-electron chi connectivity index (χ4n) is 3.31. The molecule has 0 saturated carbocycles. The number of thioether (sulfide) groups is 1. The van der Waals surface area contributed by atoms with Crippen molar-refractivity contribution >= 4 is 17.7 Å². The number of ether oxygens (including phenoxy) is 3. The van der Waals surface area contributed by atoms with Crippen LogP contribution in [0.25, 0.3) is 0 Å². The largest absolute Gasteiger partial charge is 0.497 e. The predicted octanol–water partition coefficient (Wildman–Crippen LogP) is 4.36. The Morgan fingerprint density at radius 1 is 1.14 bits per heavy atom. The van der Waals surface area contributed by atoms with Crippen LogP contribution in [0, 0.1) is 0 Å². The highest BCUT2D eigenvalue weighted by molar-refractivity contribution is 7.99. The molecule has 0 unspecified atom stereocenters. The minimum absolute atomic E-state index is 0.0305. The summed E-state index contributed by atoms with van der Waals surface area (Å²) in [6.07, 6.45) is 0.723. The van der Waals surface area contributed by atoms with E-state index in [4.69, 9.17) is 14.2 Å². The van der Waals surface area contributed by atoms with Crippen molar-refractivity contribution in [3.63, 3.8) is 0 Å². The van der Waals surface area contributed by atoms with Crippen LogP contribution in [-0.2, 0) is 10.5 Å². The maximum absolute atomic E-state index is 12.5. The van der Waals surface area contributed by atoms with E-state index in [1.165, 1.54) is 5.56 Å². The second-order valence-electron chi connectivity index (χ2n) is 7.43. The van der Waals surface area contributed by atoms with E-state index in [0.29, 0.717) is 5.75 Å². The highest BCUT2D eigenvalue weighted by Crippen LogP contribution is 2.41. The summed E-state index contributed by atoms with van der Waals surface area (Å²) in [4.78, 5) is 12.5. The first kappa shape index (κ1) is 20.4. The van der Waals surface area contributed by atoms with Gasteiger partial charge in [-0.25, -0.2) is 0 Å². The van der Waals surface area contributed by atoms with Crippen LogP contribution in [0.2, 0.25) is 0 Å². The van der Waals surface area contributed by atoms with Crippen LogP contribution >= 0.6 is 11.8 Å². The van der Waals surface area contributed by atoms with Crippen LogP contribution in [0.5, 0.6) is 17.2 Å². The molecule has 0 aliphatic carbocycles. The van der Waals surface area contributed by atoms with E-state index < -0.39 is 0 Å². The highest BCUT2D eigenvalue weighted by Gasteiger charge is 2.34. The minimum Gasteiger partial charge on any atom is -0.497 e. The maximum atomic E-state index is 12.5. The molecule has 5 nitrogen and oxygen atoms in total. The Balaban J connectivity index is 1.58. The summed E-state index contributed by atoms with van der Waals surface area (Å²) in [5.74, 6) is 3.58. The van der Waals surface area contributed by atoms with Crippen LogP contribution in [0.15, 0.2) is 42.5 Å². The van der Waals surface area contributed by atoms with E-state index in [9.17, 15) is 4.79 Å². The quantitative estimate of drug-likeness (QED) is 0.747. The lowest BCUT2D eigenvalue weighted by molar-refractivity contribution is -0.119. The average Bonchev–Trinajstić information content (AvgIpc) is 2.67. The fraction of sp³-hybridized carbons (Fsp3) is 0.409. The summed E-state index contributed by atoms with van der Waals surface area (Å²) in [6.45, 7) is 4.07. The minimum atomic E-state index is -0.354. The third-order valence-electron chi connectivity index (χ3n) is 4.67. The topological polar surface area (TPSA) is 56.8 Å². The predicted molar refractivity (Wildman–Crippen MR) is 112 cm³/mol. The third kappa shape index (κ3) is 5.13. The van der Waals surface area contributed by atoms with E-state index in [2.05, 4.69) is 5.32 Å². The number of rotatable bonds is 7. The molecule has 0 bridgehead atoms. The van der Waals surface area contributed by atoms with Gasteiger partial charge >= 0.3 is 0 Å². The van der Waals surface area contributed by atoms with Crippen molar-refractivity contribution in [2.75, 3.05) is 20.0 Å². The van der Waals surface area contributed by atoms with Crippen molar-refractivity contribution in [3.05, 3.63) is 53.6 Å². The van der Waals surface area contributed by atoms with Gasteiger partial charge in [-0.2, -0.15) is 0 Å². The van der Waals surface area contributed by atoms with Gasteiger partial charge in [-0.05, 0) is 43.7 Å². The molecule has 0 fully saturated rings. The monoisotopic (exact) mass is 401 g/mol. The molecule has 28 heavy (non-hydrogen) atoms. The second kappa shape index (κ2) is 8.78. The van der Waals surface area contributed by atoms with Crippen molar-refractivity contribution in [1.82, 2.24) is 5.32 Å². The number of carbonyl (C=O) groups is 1. The molecule has 0 radical (unpaired) electrons. The molecule has 150 valence electrons. The van der Waals surface area contributed by atoms with Gasteiger partial charge < -0.3 is 19.5 Å². The molecule has 3 rings (SSSR count). The van der Waals surface area contributed by atoms with Crippen LogP contribution < -0.4 is 19.5 Å². The van der Waals surface area contributed by atoms with Crippen molar-refractivity contribution in [1.29, 1.82) is 0 Å². The van der Waals surface area contributed by atoms with Crippen LogP contribution in [0.1, 0.15) is 37.4 Å². The molecule has 1 heterocycles. The Morgan fingerprint density at radius 3 is 2.50 bits per heavy atom. The first-order chi connectivity index (χ1) is 13.4. The van der Waals surface area contributed by atoms with E-state index in [-0.39, 0.29) is 17.6 Å². The van der Waals surface area contributed by atoms with Gasteiger partial charge in [-0.15, -0.1) is 11.8 Å². The van der Waals surface area contributed by atoms with Gasteiger partial charge in [-0.3, -0.25) is 4.79 Å². The lowest BCUT2D eigenvalue weighted by Crippen LogP contribution is -2.41. The number of carbonyl (C=O) groups excluding carboxylic acids is 1.